The maximum absolute atomic E-state index is 14.5. The van der Waals surface area contributed by atoms with Gasteiger partial charge in [0.25, 0.3) is 0 Å². The Hall–Kier alpha value is -3.56. The van der Waals surface area contributed by atoms with Crippen LogP contribution in [-0.4, -0.2) is 24.6 Å². The van der Waals surface area contributed by atoms with E-state index in [9.17, 15) is 4.39 Å². The number of pyridine rings is 1. The summed E-state index contributed by atoms with van der Waals surface area (Å²) in [6.07, 6.45) is 8.39. The number of rotatable bonds is 9. The highest BCUT2D eigenvalue weighted by Gasteiger charge is 2.19. The van der Waals surface area contributed by atoms with E-state index in [-0.39, 0.29) is 5.82 Å². The molecular weight excluding hydrogens is 423 g/mol. The Balaban J connectivity index is 1.29. The zero-order valence-electron chi connectivity index (χ0n) is 19.6. The van der Waals surface area contributed by atoms with Gasteiger partial charge in [0.05, 0.1) is 5.70 Å². The summed E-state index contributed by atoms with van der Waals surface area (Å²) in [6.45, 7) is 6.82. The van der Waals surface area contributed by atoms with E-state index in [2.05, 4.69) is 39.6 Å². The Bertz CT molecular complexity index is 1110. The Kier molecular flexibility index (Phi) is 8.00. The number of halogens is 1. The molecule has 0 atom stereocenters. The number of piperidine rings is 1. The van der Waals surface area contributed by atoms with Crippen LogP contribution in [0.1, 0.15) is 36.0 Å². The molecule has 0 saturated carbocycles. The molecule has 3 N–H and O–H groups in total. The molecule has 4 rings (SSSR count). The lowest BCUT2D eigenvalue weighted by Crippen LogP contribution is -2.37. The molecule has 5 heteroatoms. The molecule has 0 radical (unpaired) electrons. The lowest BCUT2D eigenvalue weighted by atomic mass is 9.96. The normalized spacial score (nSPS) is 14.0. The number of aryl methyl sites for hydroxylation is 2. The summed E-state index contributed by atoms with van der Waals surface area (Å²) in [5.74, 6) is 0.425. The van der Waals surface area contributed by atoms with Crippen molar-refractivity contribution in [3.8, 4) is 0 Å². The number of benzene rings is 2. The highest BCUT2D eigenvalue weighted by molar-refractivity contribution is 5.63. The number of anilines is 2. The number of nitrogens with zero attached hydrogens (tertiary/aromatic N) is 2. The Labute approximate surface area is 202 Å². The predicted molar refractivity (Wildman–Crippen MR) is 139 cm³/mol. The molecule has 3 aromatic rings. The minimum absolute atomic E-state index is 0.159. The topological polar surface area (TPSA) is 54.2 Å². The number of nitrogen functional groups attached to an aromatic ring is 1. The van der Waals surface area contributed by atoms with Gasteiger partial charge in [0, 0.05) is 49.0 Å². The van der Waals surface area contributed by atoms with E-state index in [0.29, 0.717) is 12.3 Å². The van der Waals surface area contributed by atoms with Gasteiger partial charge in [0.15, 0.2) is 0 Å². The van der Waals surface area contributed by atoms with Crippen molar-refractivity contribution in [2.75, 3.05) is 30.3 Å². The van der Waals surface area contributed by atoms with Gasteiger partial charge in [-0.15, -0.1) is 5.73 Å². The highest BCUT2D eigenvalue weighted by Crippen LogP contribution is 2.24. The SMILES string of the molecule is C=C=C(NCC1CCN(c2ccncc2)CC1)c1ccc(F)c(CCCc2ccc(N)cc2)c1. The third-order valence-corrected chi connectivity index (χ3v) is 6.61. The van der Waals surface area contributed by atoms with E-state index < -0.39 is 0 Å². The molecule has 0 bridgehead atoms. The van der Waals surface area contributed by atoms with Crippen molar-refractivity contribution in [1.29, 1.82) is 0 Å². The Morgan fingerprint density at radius 1 is 1.06 bits per heavy atom. The van der Waals surface area contributed by atoms with Crippen molar-refractivity contribution >= 4 is 17.1 Å². The molecule has 176 valence electrons. The van der Waals surface area contributed by atoms with Crippen LogP contribution in [0, 0.1) is 11.7 Å². The first kappa shape index (κ1) is 23.6. The molecule has 0 unspecified atom stereocenters. The van der Waals surface area contributed by atoms with E-state index in [1.165, 1.54) is 11.3 Å². The average Bonchev–Trinajstić information content (AvgIpc) is 2.88. The van der Waals surface area contributed by atoms with Crippen molar-refractivity contribution < 1.29 is 4.39 Å². The van der Waals surface area contributed by atoms with Crippen molar-refractivity contribution in [1.82, 2.24) is 10.3 Å². The van der Waals surface area contributed by atoms with Crippen molar-refractivity contribution in [2.45, 2.75) is 32.1 Å². The van der Waals surface area contributed by atoms with Crippen molar-refractivity contribution in [2.24, 2.45) is 5.92 Å². The standard InChI is InChI=1S/C29H33FN4/c1-2-29(33-21-23-14-18-34(19-15-23)27-12-16-32-17-13-27)25-8-11-28(30)24(20-25)5-3-4-22-6-9-26(31)10-7-22/h6-13,16-17,20,23,33H,1,3-5,14-15,18-19,21,31H2. The molecule has 1 aromatic heterocycles. The summed E-state index contributed by atoms with van der Waals surface area (Å²) >= 11 is 0. The molecule has 1 fully saturated rings. The molecule has 1 saturated heterocycles. The van der Waals surface area contributed by atoms with Crippen LogP contribution in [0.3, 0.4) is 0 Å². The lowest BCUT2D eigenvalue weighted by molar-refractivity contribution is 0.400. The first-order valence-electron chi connectivity index (χ1n) is 12.0. The fraction of sp³-hybridized carbons (Fsp3) is 0.310. The van der Waals surface area contributed by atoms with Gasteiger partial charge in [0.2, 0.25) is 0 Å². The van der Waals surface area contributed by atoms with Gasteiger partial charge in [-0.05, 0) is 91.6 Å². The third-order valence-electron chi connectivity index (χ3n) is 6.61. The van der Waals surface area contributed by atoms with Gasteiger partial charge in [-0.25, -0.2) is 4.39 Å². The van der Waals surface area contributed by atoms with E-state index in [1.54, 1.807) is 6.07 Å². The fourth-order valence-corrected chi connectivity index (χ4v) is 4.55. The van der Waals surface area contributed by atoms with Crippen LogP contribution in [0.25, 0.3) is 5.70 Å². The van der Waals surface area contributed by atoms with E-state index in [0.717, 1.165) is 67.8 Å². The first-order chi connectivity index (χ1) is 16.6. The predicted octanol–water partition coefficient (Wildman–Crippen LogP) is 5.61. The second-order valence-electron chi connectivity index (χ2n) is 8.97. The minimum atomic E-state index is -0.159. The van der Waals surface area contributed by atoms with Gasteiger partial charge in [-0.2, -0.15) is 0 Å². The van der Waals surface area contributed by atoms with Gasteiger partial charge >= 0.3 is 0 Å². The average molecular weight is 457 g/mol. The molecule has 1 aliphatic rings. The number of aromatic nitrogens is 1. The quantitative estimate of drug-likeness (QED) is 0.325. The maximum Gasteiger partial charge on any atom is 0.126 e. The molecule has 0 spiro atoms. The number of nitrogens with two attached hydrogens (primary N) is 1. The van der Waals surface area contributed by atoms with Gasteiger partial charge < -0.3 is 16.0 Å². The van der Waals surface area contributed by atoms with Gasteiger partial charge in [-0.1, -0.05) is 18.7 Å². The van der Waals surface area contributed by atoms with Crippen LogP contribution in [0.2, 0.25) is 0 Å². The summed E-state index contributed by atoms with van der Waals surface area (Å²) in [7, 11) is 0. The Morgan fingerprint density at radius 3 is 2.50 bits per heavy atom. The molecule has 0 aliphatic carbocycles. The van der Waals surface area contributed by atoms with E-state index in [4.69, 9.17) is 5.73 Å². The zero-order chi connectivity index (χ0) is 23.8. The summed E-state index contributed by atoms with van der Waals surface area (Å²) in [5, 5.41) is 3.52. The molecule has 4 nitrogen and oxygen atoms in total. The second-order valence-corrected chi connectivity index (χ2v) is 8.97. The smallest absolute Gasteiger partial charge is 0.126 e. The zero-order valence-corrected chi connectivity index (χ0v) is 19.6. The van der Waals surface area contributed by atoms with Crippen LogP contribution in [0.4, 0.5) is 15.8 Å². The van der Waals surface area contributed by atoms with E-state index in [1.807, 2.05) is 48.8 Å². The van der Waals surface area contributed by atoms with Gasteiger partial charge in [-0.3, -0.25) is 4.98 Å². The van der Waals surface area contributed by atoms with Crippen LogP contribution in [-0.2, 0) is 12.8 Å². The second kappa shape index (κ2) is 11.5. The first-order valence-corrected chi connectivity index (χ1v) is 12.0. The molecular formula is C29H33FN4. The largest absolute Gasteiger partial charge is 0.399 e. The number of hydrogen-bond acceptors (Lipinski definition) is 4. The Morgan fingerprint density at radius 2 is 1.79 bits per heavy atom. The van der Waals surface area contributed by atoms with Crippen LogP contribution >= 0.6 is 0 Å². The molecule has 2 heterocycles. The maximum atomic E-state index is 14.5. The highest BCUT2D eigenvalue weighted by atomic mass is 19.1. The van der Waals surface area contributed by atoms with Crippen LogP contribution < -0.4 is 16.0 Å². The van der Waals surface area contributed by atoms with Crippen molar-refractivity contribution in [3.05, 3.63) is 102 Å². The molecule has 2 aromatic carbocycles. The lowest BCUT2D eigenvalue weighted by Gasteiger charge is -2.33. The van der Waals surface area contributed by atoms with Gasteiger partial charge in [0.1, 0.15) is 5.82 Å². The summed E-state index contributed by atoms with van der Waals surface area (Å²) in [6, 6.07) is 17.3. The molecule has 34 heavy (non-hydrogen) atoms. The monoisotopic (exact) mass is 456 g/mol. The van der Waals surface area contributed by atoms with Crippen molar-refractivity contribution in [3.63, 3.8) is 0 Å². The summed E-state index contributed by atoms with van der Waals surface area (Å²) in [4.78, 5) is 6.52. The number of hydrogen-bond donors (Lipinski definition) is 2. The van der Waals surface area contributed by atoms with E-state index >= 15 is 0 Å². The fourth-order valence-electron chi connectivity index (χ4n) is 4.55. The summed E-state index contributed by atoms with van der Waals surface area (Å²) < 4.78 is 14.5. The van der Waals surface area contributed by atoms with Crippen LogP contribution in [0.5, 0.6) is 0 Å². The number of nitrogens with one attached hydrogen (secondary N) is 1. The molecule has 1 aliphatic heterocycles. The summed E-state index contributed by atoms with van der Waals surface area (Å²) in [5.41, 5.74) is 14.5. The van der Waals surface area contributed by atoms with Crippen LogP contribution in [0.15, 0.2) is 79.3 Å². The third kappa shape index (κ3) is 6.27. The molecule has 0 amide bonds. The minimum Gasteiger partial charge on any atom is -0.399 e.